The zero-order chi connectivity index (χ0) is 20.8. The summed E-state index contributed by atoms with van der Waals surface area (Å²) in [6.45, 7) is -0.228. The normalized spacial score (nSPS) is 10.5. The van der Waals surface area contributed by atoms with Crippen LogP contribution in [0.25, 0.3) is 10.6 Å². The molecule has 3 aromatic rings. The van der Waals surface area contributed by atoms with Crippen molar-refractivity contribution >= 4 is 40.5 Å². The number of thiazole rings is 1. The van der Waals surface area contributed by atoms with Crippen LogP contribution >= 0.6 is 34.5 Å². The maximum absolute atomic E-state index is 11.9. The van der Waals surface area contributed by atoms with E-state index >= 15 is 0 Å². The second kappa shape index (κ2) is 9.82. The van der Waals surface area contributed by atoms with Crippen LogP contribution in [0.1, 0.15) is 5.69 Å². The van der Waals surface area contributed by atoms with E-state index in [0.717, 1.165) is 10.6 Å². The Morgan fingerprint density at radius 3 is 2.52 bits per heavy atom. The number of methoxy groups -OCH3 is 2. The molecule has 0 radical (unpaired) electrons. The largest absolute Gasteiger partial charge is 0.493 e. The Bertz CT molecular complexity index is 1010. The molecule has 0 spiro atoms. The van der Waals surface area contributed by atoms with Gasteiger partial charge < -0.3 is 18.9 Å². The molecular formula is C20H17Cl2NO5S. The minimum Gasteiger partial charge on any atom is -0.493 e. The highest BCUT2D eigenvalue weighted by atomic mass is 35.5. The van der Waals surface area contributed by atoms with Crippen molar-refractivity contribution < 1.29 is 23.7 Å². The predicted molar refractivity (Wildman–Crippen MR) is 112 cm³/mol. The van der Waals surface area contributed by atoms with Crippen LogP contribution in [0.4, 0.5) is 0 Å². The van der Waals surface area contributed by atoms with Crippen molar-refractivity contribution in [1.29, 1.82) is 0 Å². The summed E-state index contributed by atoms with van der Waals surface area (Å²) in [6.07, 6.45) is 0. The van der Waals surface area contributed by atoms with Crippen LogP contribution < -0.4 is 14.2 Å². The second-order valence-corrected chi connectivity index (χ2v) is 7.44. The summed E-state index contributed by atoms with van der Waals surface area (Å²) >= 11 is 13.3. The highest BCUT2D eigenvalue weighted by Crippen LogP contribution is 2.33. The molecule has 3 rings (SSSR count). The quantitative estimate of drug-likeness (QED) is 0.433. The maximum Gasteiger partial charge on any atom is 0.344 e. The first-order valence-corrected chi connectivity index (χ1v) is 10.0. The summed E-state index contributed by atoms with van der Waals surface area (Å²) in [7, 11) is 3.16. The number of ether oxygens (including phenoxy) is 4. The van der Waals surface area contributed by atoms with Gasteiger partial charge in [0.1, 0.15) is 17.4 Å². The topological polar surface area (TPSA) is 66.9 Å². The van der Waals surface area contributed by atoms with E-state index in [2.05, 4.69) is 4.98 Å². The molecule has 0 unspecified atom stereocenters. The molecule has 0 fully saturated rings. The molecule has 0 bridgehead atoms. The molecule has 0 amide bonds. The molecule has 0 saturated carbocycles. The molecule has 0 aliphatic carbocycles. The van der Waals surface area contributed by atoms with Crippen LogP contribution in [0.3, 0.4) is 0 Å². The van der Waals surface area contributed by atoms with E-state index in [0.29, 0.717) is 33.0 Å². The van der Waals surface area contributed by atoms with E-state index in [1.165, 1.54) is 17.4 Å². The number of aromatic nitrogens is 1. The van der Waals surface area contributed by atoms with Crippen molar-refractivity contribution in [1.82, 2.24) is 4.98 Å². The van der Waals surface area contributed by atoms with E-state index in [1.54, 1.807) is 26.4 Å². The summed E-state index contributed by atoms with van der Waals surface area (Å²) in [5.41, 5.74) is 1.52. The van der Waals surface area contributed by atoms with Crippen molar-refractivity contribution in [2.45, 2.75) is 6.61 Å². The Kier molecular flexibility index (Phi) is 7.19. The van der Waals surface area contributed by atoms with Crippen molar-refractivity contribution in [2.75, 3.05) is 20.8 Å². The summed E-state index contributed by atoms with van der Waals surface area (Å²) in [4.78, 5) is 16.4. The Labute approximate surface area is 181 Å². The van der Waals surface area contributed by atoms with Crippen molar-refractivity contribution in [2.24, 2.45) is 0 Å². The van der Waals surface area contributed by atoms with Crippen LogP contribution in [-0.4, -0.2) is 31.8 Å². The average Bonchev–Trinajstić information content (AvgIpc) is 3.20. The molecule has 2 aromatic carbocycles. The van der Waals surface area contributed by atoms with Crippen LogP contribution in [0.5, 0.6) is 17.2 Å². The number of carbonyl (C=O) groups is 1. The third-order valence-corrected chi connectivity index (χ3v) is 5.27. The second-order valence-electron chi connectivity index (χ2n) is 5.74. The lowest BCUT2D eigenvalue weighted by atomic mass is 10.2. The third-order valence-electron chi connectivity index (χ3n) is 3.80. The molecule has 9 heteroatoms. The minimum absolute atomic E-state index is 0.0420. The van der Waals surface area contributed by atoms with Gasteiger partial charge in [0, 0.05) is 16.0 Å². The zero-order valence-corrected chi connectivity index (χ0v) is 17.9. The first-order chi connectivity index (χ1) is 14.0. The summed E-state index contributed by atoms with van der Waals surface area (Å²) in [5.74, 6) is 1.09. The SMILES string of the molecule is COc1ccc(-c2nc(COC(=O)COc3ccc(Cl)cc3Cl)cs2)cc1OC. The van der Waals surface area contributed by atoms with Gasteiger partial charge in [-0.05, 0) is 36.4 Å². The van der Waals surface area contributed by atoms with Gasteiger partial charge in [-0.25, -0.2) is 9.78 Å². The average molecular weight is 454 g/mol. The highest BCUT2D eigenvalue weighted by molar-refractivity contribution is 7.13. The number of rotatable bonds is 8. The Hall–Kier alpha value is -2.48. The van der Waals surface area contributed by atoms with E-state index in [4.69, 9.17) is 42.1 Å². The van der Waals surface area contributed by atoms with Crippen LogP contribution in [0, 0.1) is 0 Å². The zero-order valence-electron chi connectivity index (χ0n) is 15.6. The molecule has 0 atom stereocenters. The van der Waals surface area contributed by atoms with Gasteiger partial charge in [0.2, 0.25) is 0 Å². The third kappa shape index (κ3) is 5.53. The fourth-order valence-corrected chi connectivity index (χ4v) is 3.66. The van der Waals surface area contributed by atoms with Crippen LogP contribution in [0.2, 0.25) is 10.0 Å². The predicted octanol–water partition coefficient (Wildman–Crippen LogP) is 5.26. The highest BCUT2D eigenvalue weighted by Gasteiger charge is 2.12. The van der Waals surface area contributed by atoms with Crippen LogP contribution in [0.15, 0.2) is 41.8 Å². The standard InChI is InChI=1S/C20H17Cl2NO5S/c1-25-17-5-3-12(7-18(17)26-2)20-23-14(11-29-20)9-28-19(24)10-27-16-6-4-13(21)8-15(16)22/h3-8,11H,9-10H2,1-2H3. The number of halogens is 2. The molecule has 152 valence electrons. The molecule has 0 aliphatic heterocycles. The lowest BCUT2D eigenvalue weighted by molar-refractivity contribution is -0.147. The first kappa shape index (κ1) is 21.2. The molecule has 0 N–H and O–H groups in total. The van der Waals surface area contributed by atoms with E-state index in [9.17, 15) is 4.79 Å². The number of hydrogen-bond acceptors (Lipinski definition) is 7. The van der Waals surface area contributed by atoms with Crippen LogP contribution in [-0.2, 0) is 16.1 Å². The Morgan fingerprint density at radius 1 is 1.03 bits per heavy atom. The lowest BCUT2D eigenvalue weighted by Gasteiger charge is -2.08. The number of benzene rings is 2. The van der Waals surface area contributed by atoms with Crippen molar-refractivity contribution in [3.05, 3.63) is 57.5 Å². The summed E-state index contributed by atoms with van der Waals surface area (Å²) < 4.78 is 21.1. The van der Waals surface area contributed by atoms with Gasteiger partial charge in [-0.1, -0.05) is 23.2 Å². The lowest BCUT2D eigenvalue weighted by Crippen LogP contribution is -2.15. The summed E-state index contributed by atoms with van der Waals surface area (Å²) in [5, 5.41) is 3.42. The molecule has 1 aromatic heterocycles. The minimum atomic E-state index is -0.531. The van der Waals surface area contributed by atoms with Gasteiger partial charge >= 0.3 is 5.97 Å². The summed E-state index contributed by atoms with van der Waals surface area (Å²) in [6, 6.07) is 10.3. The Balaban J connectivity index is 1.55. The molecule has 0 aliphatic rings. The molecule has 1 heterocycles. The number of hydrogen-bond donors (Lipinski definition) is 0. The van der Waals surface area contributed by atoms with Gasteiger partial charge in [-0.3, -0.25) is 0 Å². The van der Waals surface area contributed by atoms with Crippen molar-refractivity contribution in [3.63, 3.8) is 0 Å². The number of nitrogens with zero attached hydrogens (tertiary/aromatic N) is 1. The number of carbonyl (C=O) groups excluding carboxylic acids is 1. The molecule has 6 nitrogen and oxygen atoms in total. The monoisotopic (exact) mass is 453 g/mol. The van der Waals surface area contributed by atoms with Gasteiger partial charge in [-0.2, -0.15) is 0 Å². The first-order valence-electron chi connectivity index (χ1n) is 8.40. The fourth-order valence-electron chi connectivity index (χ4n) is 2.40. The van der Waals surface area contributed by atoms with Gasteiger partial charge in [-0.15, -0.1) is 11.3 Å². The molecule has 29 heavy (non-hydrogen) atoms. The van der Waals surface area contributed by atoms with Gasteiger partial charge in [0.25, 0.3) is 0 Å². The molecular weight excluding hydrogens is 437 g/mol. The van der Waals surface area contributed by atoms with E-state index in [-0.39, 0.29) is 13.2 Å². The van der Waals surface area contributed by atoms with Gasteiger partial charge in [0.05, 0.1) is 24.9 Å². The molecule has 0 saturated heterocycles. The Morgan fingerprint density at radius 2 is 1.79 bits per heavy atom. The van der Waals surface area contributed by atoms with Gasteiger partial charge in [0.15, 0.2) is 18.1 Å². The smallest absolute Gasteiger partial charge is 0.344 e. The van der Waals surface area contributed by atoms with Crippen molar-refractivity contribution in [3.8, 4) is 27.8 Å². The van der Waals surface area contributed by atoms with E-state index in [1.807, 2.05) is 23.6 Å². The van der Waals surface area contributed by atoms with E-state index < -0.39 is 5.97 Å². The maximum atomic E-state index is 11.9. The number of esters is 1. The fraction of sp³-hybridized carbons (Fsp3) is 0.200.